The second-order valence-corrected chi connectivity index (χ2v) is 8.64. The van der Waals surface area contributed by atoms with E-state index in [0.717, 1.165) is 26.7 Å². The van der Waals surface area contributed by atoms with Gasteiger partial charge in [0, 0.05) is 11.5 Å². The number of ether oxygens (including phenoxy) is 1. The van der Waals surface area contributed by atoms with Crippen LogP contribution in [0, 0.1) is 0 Å². The zero-order chi connectivity index (χ0) is 18.8. The van der Waals surface area contributed by atoms with Gasteiger partial charge in [-0.25, -0.2) is 0 Å². The molecule has 8 heteroatoms. The Balaban J connectivity index is 1.79. The second kappa shape index (κ2) is 8.17. The predicted molar refractivity (Wildman–Crippen MR) is 111 cm³/mol. The number of imide groups is 1. The second-order valence-electron chi connectivity index (χ2n) is 5.47. The molecular formula is C18H12Br2ClNO3S. The van der Waals surface area contributed by atoms with E-state index in [4.69, 9.17) is 16.3 Å². The van der Waals surface area contributed by atoms with Crippen LogP contribution < -0.4 is 4.74 Å². The molecule has 0 N–H and O–H groups in total. The molecule has 2 aromatic rings. The first-order valence-corrected chi connectivity index (χ1v) is 10.2. The molecule has 0 saturated carbocycles. The molecule has 0 atom stereocenters. The minimum Gasteiger partial charge on any atom is -0.486 e. The van der Waals surface area contributed by atoms with Crippen molar-refractivity contribution in [1.29, 1.82) is 0 Å². The largest absolute Gasteiger partial charge is 0.486 e. The standard InChI is InChI=1S/C18H12Br2ClNO3S/c1-22-17(23)15(26-18(22)24)8-11-6-13(20)16(14(21)7-11)25-9-10-2-4-12(19)5-3-10/h2-8H,9H2,1H3/b15-8-. The molecule has 1 saturated heterocycles. The van der Waals surface area contributed by atoms with E-state index >= 15 is 0 Å². The van der Waals surface area contributed by atoms with Gasteiger partial charge in [-0.15, -0.1) is 0 Å². The SMILES string of the molecule is CN1C(=O)S/C(=C\c2cc(Cl)c(OCc3ccc(Br)cc3)c(Br)c2)C1=O. The number of benzene rings is 2. The normalized spacial score (nSPS) is 15.8. The van der Waals surface area contributed by atoms with E-state index in [2.05, 4.69) is 31.9 Å². The summed E-state index contributed by atoms with van der Waals surface area (Å²) in [7, 11) is 1.46. The van der Waals surface area contributed by atoms with E-state index < -0.39 is 0 Å². The van der Waals surface area contributed by atoms with E-state index in [1.165, 1.54) is 7.05 Å². The van der Waals surface area contributed by atoms with Gasteiger partial charge in [0.25, 0.3) is 11.1 Å². The van der Waals surface area contributed by atoms with Gasteiger partial charge in [-0.3, -0.25) is 14.5 Å². The number of amides is 2. The lowest BCUT2D eigenvalue weighted by Crippen LogP contribution is -2.22. The van der Waals surface area contributed by atoms with Crippen LogP contribution in [0.25, 0.3) is 6.08 Å². The summed E-state index contributed by atoms with van der Waals surface area (Å²) >= 11 is 14.1. The first-order valence-electron chi connectivity index (χ1n) is 7.43. The van der Waals surface area contributed by atoms with Gasteiger partial charge >= 0.3 is 0 Å². The number of carbonyl (C=O) groups excluding carboxylic acids is 2. The van der Waals surface area contributed by atoms with Gasteiger partial charge in [-0.2, -0.15) is 0 Å². The van der Waals surface area contributed by atoms with Gasteiger partial charge in [-0.1, -0.05) is 39.7 Å². The molecule has 0 unspecified atom stereocenters. The number of thioether (sulfide) groups is 1. The van der Waals surface area contributed by atoms with Crippen molar-refractivity contribution in [3.8, 4) is 5.75 Å². The third kappa shape index (κ3) is 4.34. The number of rotatable bonds is 4. The Kier molecular flexibility index (Phi) is 6.12. The summed E-state index contributed by atoms with van der Waals surface area (Å²) in [6.07, 6.45) is 1.64. The smallest absolute Gasteiger partial charge is 0.293 e. The fourth-order valence-corrected chi connectivity index (χ4v) is 4.31. The molecule has 2 amide bonds. The first kappa shape index (κ1) is 19.5. The summed E-state index contributed by atoms with van der Waals surface area (Å²) in [6, 6.07) is 11.3. The Hall–Kier alpha value is -1.28. The van der Waals surface area contributed by atoms with Crippen LogP contribution in [-0.4, -0.2) is 23.1 Å². The topological polar surface area (TPSA) is 46.6 Å². The van der Waals surface area contributed by atoms with Crippen LogP contribution in [0.2, 0.25) is 5.02 Å². The molecule has 0 radical (unpaired) electrons. The minimum absolute atomic E-state index is 0.291. The molecule has 1 fully saturated rings. The lowest BCUT2D eigenvalue weighted by atomic mass is 10.2. The number of hydrogen-bond donors (Lipinski definition) is 0. The number of likely N-dealkylation sites (N-methyl/N-ethyl adjacent to an activating group) is 1. The monoisotopic (exact) mass is 515 g/mol. The molecule has 0 spiro atoms. The maximum absolute atomic E-state index is 12.0. The summed E-state index contributed by atoms with van der Waals surface area (Å²) < 4.78 is 7.50. The van der Waals surface area contributed by atoms with E-state index in [9.17, 15) is 9.59 Å². The van der Waals surface area contributed by atoms with E-state index in [-0.39, 0.29) is 11.1 Å². The quantitative estimate of drug-likeness (QED) is 0.459. The van der Waals surface area contributed by atoms with Gasteiger partial charge in [0.2, 0.25) is 0 Å². The summed E-state index contributed by atoms with van der Waals surface area (Å²) in [4.78, 5) is 25.0. The van der Waals surface area contributed by atoms with E-state index in [1.54, 1.807) is 18.2 Å². The van der Waals surface area contributed by atoms with Crippen molar-refractivity contribution in [1.82, 2.24) is 4.90 Å². The molecule has 26 heavy (non-hydrogen) atoms. The van der Waals surface area contributed by atoms with Crippen LogP contribution in [0.15, 0.2) is 50.2 Å². The maximum atomic E-state index is 12.0. The molecule has 0 bridgehead atoms. The fraction of sp³-hybridized carbons (Fsp3) is 0.111. The Bertz CT molecular complexity index is 892. The lowest BCUT2D eigenvalue weighted by molar-refractivity contribution is -0.121. The van der Waals surface area contributed by atoms with Crippen molar-refractivity contribution in [2.75, 3.05) is 7.05 Å². The average Bonchev–Trinajstić information content (AvgIpc) is 2.83. The zero-order valence-electron chi connectivity index (χ0n) is 13.5. The number of hydrogen-bond acceptors (Lipinski definition) is 4. The minimum atomic E-state index is -0.317. The molecule has 4 nitrogen and oxygen atoms in total. The number of nitrogens with zero attached hydrogens (tertiary/aromatic N) is 1. The lowest BCUT2D eigenvalue weighted by Gasteiger charge is -2.11. The summed E-state index contributed by atoms with van der Waals surface area (Å²) in [5.41, 5.74) is 1.72. The van der Waals surface area contributed by atoms with Crippen molar-refractivity contribution < 1.29 is 14.3 Å². The van der Waals surface area contributed by atoms with Crippen LogP contribution in [0.4, 0.5) is 4.79 Å². The molecule has 134 valence electrons. The van der Waals surface area contributed by atoms with Crippen LogP contribution >= 0.6 is 55.2 Å². The number of carbonyl (C=O) groups is 2. The summed E-state index contributed by atoms with van der Waals surface area (Å²) in [6.45, 7) is 0.375. The van der Waals surface area contributed by atoms with Crippen molar-refractivity contribution in [3.63, 3.8) is 0 Å². The highest BCUT2D eigenvalue weighted by Gasteiger charge is 2.31. The van der Waals surface area contributed by atoms with Crippen molar-refractivity contribution in [2.24, 2.45) is 0 Å². The molecule has 0 aromatic heterocycles. The highest BCUT2D eigenvalue weighted by Crippen LogP contribution is 2.37. The Morgan fingerprint density at radius 2 is 1.88 bits per heavy atom. The van der Waals surface area contributed by atoms with Crippen molar-refractivity contribution >= 4 is 72.4 Å². The van der Waals surface area contributed by atoms with Gasteiger partial charge < -0.3 is 4.74 Å². The molecular weight excluding hydrogens is 506 g/mol. The molecule has 2 aromatic carbocycles. The predicted octanol–water partition coefficient (Wildman–Crippen LogP) is 6.11. The summed E-state index contributed by atoms with van der Waals surface area (Å²) in [5, 5.41) is 0.124. The summed E-state index contributed by atoms with van der Waals surface area (Å²) in [5.74, 6) is 0.207. The molecule has 3 rings (SSSR count). The zero-order valence-corrected chi connectivity index (χ0v) is 18.2. The average molecular weight is 518 g/mol. The molecule has 1 aliphatic heterocycles. The van der Waals surface area contributed by atoms with Crippen molar-refractivity contribution in [2.45, 2.75) is 6.61 Å². The highest BCUT2D eigenvalue weighted by atomic mass is 79.9. The first-order chi connectivity index (χ1) is 12.3. The Morgan fingerprint density at radius 3 is 2.46 bits per heavy atom. The third-order valence-electron chi connectivity index (χ3n) is 3.60. The van der Waals surface area contributed by atoms with Crippen LogP contribution in [0.3, 0.4) is 0 Å². The maximum Gasteiger partial charge on any atom is 0.293 e. The third-order valence-corrected chi connectivity index (χ3v) is 5.96. The molecule has 1 heterocycles. The van der Waals surface area contributed by atoms with Gasteiger partial charge in [0.15, 0.2) is 5.75 Å². The van der Waals surface area contributed by atoms with Gasteiger partial charge in [0.05, 0.1) is 14.4 Å². The van der Waals surface area contributed by atoms with E-state index in [1.807, 2.05) is 24.3 Å². The van der Waals surface area contributed by atoms with Gasteiger partial charge in [-0.05, 0) is 69.2 Å². The highest BCUT2D eigenvalue weighted by molar-refractivity contribution is 9.10. The molecule has 1 aliphatic rings. The fourth-order valence-electron chi connectivity index (χ4n) is 2.23. The van der Waals surface area contributed by atoms with Crippen LogP contribution in [0.1, 0.15) is 11.1 Å². The Labute approximate surface area is 176 Å². The van der Waals surface area contributed by atoms with Crippen LogP contribution in [-0.2, 0) is 11.4 Å². The van der Waals surface area contributed by atoms with E-state index in [0.29, 0.717) is 32.3 Å². The molecule has 0 aliphatic carbocycles. The number of halogens is 3. The van der Waals surface area contributed by atoms with Crippen LogP contribution in [0.5, 0.6) is 5.75 Å². The van der Waals surface area contributed by atoms with Crippen molar-refractivity contribution in [3.05, 3.63) is 66.4 Å². The van der Waals surface area contributed by atoms with Gasteiger partial charge in [0.1, 0.15) is 6.61 Å². The Morgan fingerprint density at radius 1 is 1.19 bits per heavy atom.